The Morgan fingerprint density at radius 1 is 1.44 bits per heavy atom. The van der Waals surface area contributed by atoms with Crippen molar-refractivity contribution in [3.05, 3.63) is 11.9 Å². The number of anilines is 1. The number of carbonyl (C=O) groups excluding carboxylic acids is 1. The molecule has 18 heavy (non-hydrogen) atoms. The molecular formula is C13H22N4O. The van der Waals surface area contributed by atoms with E-state index in [1.165, 1.54) is 17.3 Å². The largest absolute Gasteiger partial charge is 0.396 e. The average Bonchev–Trinajstić information content (AvgIpc) is 2.64. The third-order valence-corrected chi connectivity index (χ3v) is 4.12. The first-order valence-electron chi connectivity index (χ1n) is 6.57. The lowest BCUT2D eigenvalue weighted by Crippen LogP contribution is -2.40. The van der Waals surface area contributed by atoms with Crippen molar-refractivity contribution in [3.8, 4) is 0 Å². The molecule has 1 amide bonds. The number of hydrogen-bond donors (Lipinski definition) is 2. The fourth-order valence-corrected chi connectivity index (χ4v) is 2.66. The average molecular weight is 250 g/mol. The molecule has 0 spiro atoms. The summed E-state index contributed by atoms with van der Waals surface area (Å²) in [5.41, 5.74) is 6.65. The zero-order valence-electron chi connectivity index (χ0n) is 11.3. The monoisotopic (exact) mass is 250 g/mol. The Bertz CT molecular complexity index is 421. The maximum Gasteiger partial charge on any atom is 0.271 e. The van der Waals surface area contributed by atoms with Crippen molar-refractivity contribution in [1.29, 1.82) is 0 Å². The number of nitrogens with one attached hydrogen (secondary N) is 1. The highest BCUT2D eigenvalue weighted by Gasteiger charge is 2.26. The van der Waals surface area contributed by atoms with Crippen LogP contribution in [0.1, 0.15) is 43.6 Å². The summed E-state index contributed by atoms with van der Waals surface area (Å²) in [5.74, 6) is 1.30. The van der Waals surface area contributed by atoms with Gasteiger partial charge in [0.15, 0.2) is 0 Å². The molecule has 0 bridgehead atoms. The van der Waals surface area contributed by atoms with Gasteiger partial charge in [0, 0.05) is 13.1 Å². The summed E-state index contributed by atoms with van der Waals surface area (Å²) in [7, 11) is 1.73. The maximum absolute atomic E-state index is 12.2. The molecule has 3 atom stereocenters. The van der Waals surface area contributed by atoms with E-state index in [9.17, 15) is 4.79 Å². The minimum absolute atomic E-state index is 0.112. The van der Waals surface area contributed by atoms with Gasteiger partial charge in [-0.05, 0) is 31.1 Å². The molecule has 1 aliphatic rings. The summed E-state index contributed by atoms with van der Waals surface area (Å²) in [4.78, 5) is 12.2. The Hall–Kier alpha value is -1.52. The molecule has 3 N–H and O–H groups in total. The van der Waals surface area contributed by atoms with Gasteiger partial charge in [0.1, 0.15) is 5.69 Å². The molecule has 1 saturated carbocycles. The number of nitrogen functional groups attached to an aromatic ring is 1. The minimum Gasteiger partial charge on any atom is -0.396 e. The highest BCUT2D eigenvalue weighted by Crippen LogP contribution is 2.29. The molecule has 0 radical (unpaired) electrons. The normalized spacial score (nSPS) is 28.1. The van der Waals surface area contributed by atoms with E-state index >= 15 is 0 Å². The van der Waals surface area contributed by atoms with E-state index in [0.717, 1.165) is 18.8 Å². The van der Waals surface area contributed by atoms with Crippen LogP contribution in [0, 0.1) is 11.8 Å². The van der Waals surface area contributed by atoms with Gasteiger partial charge in [-0.2, -0.15) is 5.10 Å². The molecule has 0 aromatic carbocycles. The van der Waals surface area contributed by atoms with Crippen molar-refractivity contribution in [1.82, 2.24) is 15.1 Å². The van der Waals surface area contributed by atoms with Crippen LogP contribution in [-0.4, -0.2) is 21.7 Å². The first kappa shape index (κ1) is 12.9. The third-order valence-electron chi connectivity index (χ3n) is 4.12. The second kappa shape index (κ2) is 5.00. The number of hydrogen-bond acceptors (Lipinski definition) is 3. The van der Waals surface area contributed by atoms with Crippen LogP contribution in [-0.2, 0) is 7.05 Å². The summed E-state index contributed by atoms with van der Waals surface area (Å²) in [5, 5.41) is 7.06. The maximum atomic E-state index is 12.2. The van der Waals surface area contributed by atoms with Gasteiger partial charge in [-0.1, -0.05) is 13.8 Å². The summed E-state index contributed by atoms with van der Waals surface area (Å²) < 4.78 is 1.53. The SMILES string of the molecule is CC1CCC(NC(=O)c2c(N)cnn2C)CC1C. The van der Waals surface area contributed by atoms with Crippen LogP contribution in [0.3, 0.4) is 0 Å². The molecule has 0 aliphatic heterocycles. The van der Waals surface area contributed by atoms with Gasteiger partial charge in [-0.15, -0.1) is 0 Å². The molecule has 100 valence electrons. The first-order chi connectivity index (χ1) is 8.49. The van der Waals surface area contributed by atoms with E-state index in [1.807, 2.05) is 0 Å². The van der Waals surface area contributed by atoms with Gasteiger partial charge in [0.25, 0.3) is 5.91 Å². The number of aromatic nitrogens is 2. The van der Waals surface area contributed by atoms with Crippen LogP contribution in [0.25, 0.3) is 0 Å². The Labute approximate surface area is 108 Å². The lowest BCUT2D eigenvalue weighted by atomic mass is 9.79. The quantitative estimate of drug-likeness (QED) is 0.836. The van der Waals surface area contributed by atoms with Gasteiger partial charge in [-0.25, -0.2) is 0 Å². The highest BCUT2D eigenvalue weighted by molar-refractivity contribution is 5.97. The molecule has 1 heterocycles. The van der Waals surface area contributed by atoms with Crippen LogP contribution >= 0.6 is 0 Å². The number of carbonyl (C=O) groups is 1. The minimum atomic E-state index is -0.112. The van der Waals surface area contributed by atoms with Crippen molar-refractivity contribution in [2.75, 3.05) is 5.73 Å². The molecule has 1 aromatic rings. The Morgan fingerprint density at radius 2 is 2.17 bits per heavy atom. The number of rotatable bonds is 2. The summed E-state index contributed by atoms with van der Waals surface area (Å²) >= 11 is 0. The van der Waals surface area contributed by atoms with Crippen LogP contribution in [0.15, 0.2) is 6.20 Å². The molecule has 5 nitrogen and oxygen atoms in total. The molecule has 1 aliphatic carbocycles. The van der Waals surface area contributed by atoms with Gasteiger partial charge in [0.2, 0.25) is 0 Å². The summed E-state index contributed by atoms with van der Waals surface area (Å²) in [6.07, 6.45) is 4.78. The van der Waals surface area contributed by atoms with E-state index < -0.39 is 0 Å². The van der Waals surface area contributed by atoms with Crippen LogP contribution < -0.4 is 11.1 Å². The topological polar surface area (TPSA) is 72.9 Å². The van der Waals surface area contributed by atoms with Crippen molar-refractivity contribution >= 4 is 11.6 Å². The molecule has 2 rings (SSSR count). The van der Waals surface area contributed by atoms with E-state index in [0.29, 0.717) is 17.3 Å². The van der Waals surface area contributed by atoms with E-state index in [1.54, 1.807) is 7.05 Å². The molecule has 3 unspecified atom stereocenters. The fourth-order valence-electron chi connectivity index (χ4n) is 2.66. The Balaban J connectivity index is 2.00. The second-order valence-corrected chi connectivity index (χ2v) is 5.51. The fraction of sp³-hybridized carbons (Fsp3) is 0.692. The lowest BCUT2D eigenvalue weighted by Gasteiger charge is -2.32. The predicted octanol–water partition coefficient (Wildman–Crippen LogP) is 1.56. The molecule has 0 saturated heterocycles. The predicted molar refractivity (Wildman–Crippen MR) is 71.1 cm³/mol. The lowest BCUT2D eigenvalue weighted by molar-refractivity contribution is 0.0902. The number of amides is 1. The Morgan fingerprint density at radius 3 is 2.72 bits per heavy atom. The van der Waals surface area contributed by atoms with Crippen LogP contribution in [0.4, 0.5) is 5.69 Å². The Kier molecular flexibility index (Phi) is 3.59. The zero-order valence-corrected chi connectivity index (χ0v) is 11.3. The molecular weight excluding hydrogens is 228 g/mol. The van der Waals surface area contributed by atoms with Gasteiger partial charge >= 0.3 is 0 Å². The molecule has 5 heteroatoms. The smallest absolute Gasteiger partial charge is 0.271 e. The summed E-state index contributed by atoms with van der Waals surface area (Å²) in [6, 6.07) is 0.262. The second-order valence-electron chi connectivity index (χ2n) is 5.51. The summed E-state index contributed by atoms with van der Waals surface area (Å²) in [6.45, 7) is 4.53. The first-order valence-corrected chi connectivity index (χ1v) is 6.57. The van der Waals surface area contributed by atoms with E-state index in [4.69, 9.17) is 5.73 Å². The molecule has 1 aromatic heterocycles. The standard InChI is InChI=1S/C13H22N4O/c1-8-4-5-10(6-9(8)2)16-13(18)12-11(14)7-15-17(12)3/h7-10H,4-6,14H2,1-3H3,(H,16,18). The van der Waals surface area contributed by atoms with Crippen molar-refractivity contribution in [3.63, 3.8) is 0 Å². The van der Waals surface area contributed by atoms with Crippen molar-refractivity contribution < 1.29 is 4.79 Å². The van der Waals surface area contributed by atoms with Gasteiger partial charge in [0.05, 0.1) is 11.9 Å². The third kappa shape index (κ3) is 2.49. The number of nitrogens with two attached hydrogens (primary N) is 1. The van der Waals surface area contributed by atoms with E-state index in [2.05, 4.69) is 24.3 Å². The van der Waals surface area contributed by atoms with Gasteiger partial charge in [-0.3, -0.25) is 9.48 Å². The van der Waals surface area contributed by atoms with Crippen molar-refractivity contribution in [2.45, 2.75) is 39.2 Å². The van der Waals surface area contributed by atoms with Crippen molar-refractivity contribution in [2.24, 2.45) is 18.9 Å². The number of aryl methyl sites for hydroxylation is 1. The van der Waals surface area contributed by atoms with Crippen LogP contribution in [0.5, 0.6) is 0 Å². The van der Waals surface area contributed by atoms with E-state index in [-0.39, 0.29) is 11.9 Å². The highest BCUT2D eigenvalue weighted by atomic mass is 16.2. The zero-order chi connectivity index (χ0) is 13.3. The van der Waals surface area contributed by atoms with Gasteiger partial charge < -0.3 is 11.1 Å². The number of nitrogens with zero attached hydrogens (tertiary/aromatic N) is 2. The van der Waals surface area contributed by atoms with Crippen LogP contribution in [0.2, 0.25) is 0 Å². The molecule has 1 fully saturated rings.